The summed E-state index contributed by atoms with van der Waals surface area (Å²) >= 11 is 5.93. The summed E-state index contributed by atoms with van der Waals surface area (Å²) in [6.07, 6.45) is 2.28. The summed E-state index contributed by atoms with van der Waals surface area (Å²) in [6, 6.07) is 7.54. The number of nitrogens with zero attached hydrogens (tertiary/aromatic N) is 3. The van der Waals surface area contributed by atoms with Gasteiger partial charge in [0.05, 0.1) is 11.8 Å². The zero-order chi connectivity index (χ0) is 14.6. The number of aromatic nitrogens is 3. The Morgan fingerprint density at radius 3 is 2.71 bits per heavy atom. The highest BCUT2D eigenvalue weighted by molar-refractivity contribution is 6.30. The Morgan fingerprint density at radius 1 is 1.24 bits per heavy atom. The molecule has 1 aromatic carbocycles. The molecule has 21 heavy (non-hydrogen) atoms. The first kappa shape index (κ1) is 13.2. The Labute approximate surface area is 128 Å². The van der Waals surface area contributed by atoms with Crippen molar-refractivity contribution in [1.29, 1.82) is 0 Å². The summed E-state index contributed by atoms with van der Waals surface area (Å²) in [5.74, 6) is 0.983. The van der Waals surface area contributed by atoms with Gasteiger partial charge in [0.15, 0.2) is 5.82 Å². The summed E-state index contributed by atoms with van der Waals surface area (Å²) in [5.41, 5.74) is 2.58. The van der Waals surface area contributed by atoms with Crippen LogP contribution in [0.25, 0.3) is 11.4 Å². The molecular formula is C16H16ClN3O. The molecule has 1 saturated heterocycles. The van der Waals surface area contributed by atoms with E-state index in [4.69, 9.17) is 21.3 Å². The van der Waals surface area contributed by atoms with Crippen LogP contribution in [0.15, 0.2) is 24.3 Å². The molecule has 0 N–H and O–H groups in total. The van der Waals surface area contributed by atoms with Crippen molar-refractivity contribution in [1.82, 2.24) is 15.2 Å². The van der Waals surface area contributed by atoms with Gasteiger partial charge in [0, 0.05) is 16.5 Å². The van der Waals surface area contributed by atoms with Gasteiger partial charge in [-0.3, -0.25) is 0 Å². The zero-order valence-electron chi connectivity index (χ0n) is 12.0. The van der Waals surface area contributed by atoms with Gasteiger partial charge in [0.2, 0.25) is 0 Å². The maximum absolute atomic E-state index is 6.10. The lowest BCUT2D eigenvalue weighted by molar-refractivity contribution is -0.145. The topological polar surface area (TPSA) is 47.9 Å². The van der Waals surface area contributed by atoms with E-state index in [0.717, 1.165) is 29.8 Å². The molecule has 5 rings (SSSR count). The number of fused-ring (bicyclic) bond motifs is 2. The first-order valence-corrected chi connectivity index (χ1v) is 7.63. The van der Waals surface area contributed by atoms with Gasteiger partial charge in [0.25, 0.3) is 0 Å². The van der Waals surface area contributed by atoms with Crippen molar-refractivity contribution in [3.8, 4) is 11.4 Å². The molecule has 0 spiro atoms. The molecule has 1 aliphatic carbocycles. The average Bonchev–Trinajstić information content (AvgIpc) is 2.47. The van der Waals surface area contributed by atoms with Crippen molar-refractivity contribution in [3.05, 3.63) is 40.7 Å². The number of rotatable bonds is 1. The van der Waals surface area contributed by atoms with Gasteiger partial charge in [-0.1, -0.05) is 11.6 Å². The van der Waals surface area contributed by atoms with Crippen LogP contribution < -0.4 is 0 Å². The Bertz CT molecular complexity index is 703. The molecule has 3 heterocycles. The van der Waals surface area contributed by atoms with E-state index < -0.39 is 0 Å². The predicted octanol–water partition coefficient (Wildman–Crippen LogP) is 3.70. The first-order valence-electron chi connectivity index (χ1n) is 7.26. The highest BCUT2D eigenvalue weighted by Crippen LogP contribution is 2.50. The normalized spacial score (nSPS) is 30.2. The molecule has 0 saturated carbocycles. The molecule has 0 radical (unpaired) electrons. The third kappa shape index (κ3) is 1.97. The summed E-state index contributed by atoms with van der Waals surface area (Å²) in [6.45, 7) is 4.21. The molecule has 1 fully saturated rings. The van der Waals surface area contributed by atoms with E-state index in [1.807, 2.05) is 24.3 Å². The second kappa shape index (κ2) is 4.49. The van der Waals surface area contributed by atoms with E-state index in [-0.39, 0.29) is 11.7 Å². The van der Waals surface area contributed by atoms with Crippen molar-refractivity contribution < 1.29 is 4.74 Å². The third-order valence-electron chi connectivity index (χ3n) is 4.61. The van der Waals surface area contributed by atoms with Crippen LogP contribution in [0.1, 0.15) is 44.0 Å². The lowest BCUT2D eigenvalue weighted by Crippen LogP contribution is -2.46. The lowest BCUT2D eigenvalue weighted by Gasteiger charge is -2.47. The van der Waals surface area contributed by atoms with Crippen LogP contribution in [-0.4, -0.2) is 21.3 Å². The lowest BCUT2D eigenvalue weighted by atomic mass is 9.74. The second-order valence-electron chi connectivity index (χ2n) is 6.08. The molecule has 1 aromatic heterocycles. The molecule has 2 bridgehead atoms. The summed E-state index contributed by atoms with van der Waals surface area (Å²) in [7, 11) is 0. The number of ether oxygens (including phenoxy) is 1. The number of halogens is 1. The minimum atomic E-state index is -0.331. The first-order chi connectivity index (χ1) is 10.1. The summed E-state index contributed by atoms with van der Waals surface area (Å²) in [4.78, 5) is 4.79. The highest BCUT2D eigenvalue weighted by atomic mass is 35.5. The van der Waals surface area contributed by atoms with Gasteiger partial charge in [-0.2, -0.15) is 0 Å². The zero-order valence-corrected chi connectivity index (χ0v) is 12.8. The van der Waals surface area contributed by atoms with Crippen LogP contribution in [0.2, 0.25) is 5.02 Å². The summed E-state index contributed by atoms with van der Waals surface area (Å²) in [5, 5.41) is 9.44. The molecule has 3 unspecified atom stereocenters. The van der Waals surface area contributed by atoms with Crippen LogP contribution in [-0.2, 0) is 10.3 Å². The second-order valence-corrected chi connectivity index (χ2v) is 6.51. The molecule has 0 amide bonds. The van der Waals surface area contributed by atoms with Gasteiger partial charge >= 0.3 is 0 Å². The standard InChI is InChI=1S/C16H16ClN3O/c1-9-12-7-8-16(2,21-9)14-13(12)18-15(20-19-14)10-3-5-11(17)6-4-10/h3-6,9,12H,7-8H2,1-2H3. The predicted molar refractivity (Wildman–Crippen MR) is 80.1 cm³/mol. The van der Waals surface area contributed by atoms with Gasteiger partial charge in [-0.25, -0.2) is 4.98 Å². The van der Waals surface area contributed by atoms with E-state index >= 15 is 0 Å². The minimum absolute atomic E-state index is 0.186. The van der Waals surface area contributed by atoms with Crippen LogP contribution >= 0.6 is 11.6 Å². The van der Waals surface area contributed by atoms with Gasteiger partial charge in [0.1, 0.15) is 11.3 Å². The van der Waals surface area contributed by atoms with Crippen molar-refractivity contribution in [2.24, 2.45) is 0 Å². The molecule has 3 atom stereocenters. The largest absolute Gasteiger partial charge is 0.365 e. The maximum Gasteiger partial charge on any atom is 0.182 e. The van der Waals surface area contributed by atoms with Crippen LogP contribution in [0.5, 0.6) is 0 Å². The van der Waals surface area contributed by atoms with Gasteiger partial charge < -0.3 is 4.74 Å². The molecule has 4 nitrogen and oxygen atoms in total. The quantitative estimate of drug-likeness (QED) is 0.806. The highest BCUT2D eigenvalue weighted by Gasteiger charge is 2.49. The fourth-order valence-electron chi connectivity index (χ4n) is 3.44. The molecule has 2 aromatic rings. The number of hydrogen-bond acceptors (Lipinski definition) is 4. The van der Waals surface area contributed by atoms with Gasteiger partial charge in [-0.05, 0) is 51.0 Å². The Morgan fingerprint density at radius 2 is 2.00 bits per heavy atom. The Hall–Kier alpha value is -1.52. The Kier molecular flexibility index (Phi) is 2.81. The molecule has 108 valence electrons. The molecule has 2 aliphatic heterocycles. The molecule has 3 aliphatic rings. The van der Waals surface area contributed by atoms with E-state index in [0.29, 0.717) is 16.8 Å². The Balaban J connectivity index is 1.83. The fourth-order valence-corrected chi connectivity index (χ4v) is 3.57. The van der Waals surface area contributed by atoms with E-state index in [1.54, 1.807) is 0 Å². The summed E-state index contributed by atoms with van der Waals surface area (Å²) < 4.78 is 6.10. The van der Waals surface area contributed by atoms with Crippen LogP contribution in [0, 0.1) is 0 Å². The minimum Gasteiger partial charge on any atom is -0.365 e. The maximum atomic E-state index is 6.10. The van der Waals surface area contributed by atoms with Crippen molar-refractivity contribution >= 4 is 11.6 Å². The van der Waals surface area contributed by atoms with Crippen LogP contribution in [0.4, 0.5) is 0 Å². The molecule has 5 heteroatoms. The van der Waals surface area contributed by atoms with E-state index in [9.17, 15) is 0 Å². The van der Waals surface area contributed by atoms with Crippen molar-refractivity contribution in [2.75, 3.05) is 0 Å². The van der Waals surface area contributed by atoms with E-state index in [2.05, 4.69) is 24.0 Å². The monoisotopic (exact) mass is 301 g/mol. The van der Waals surface area contributed by atoms with Crippen molar-refractivity contribution in [3.63, 3.8) is 0 Å². The number of benzene rings is 1. The van der Waals surface area contributed by atoms with Crippen molar-refractivity contribution in [2.45, 2.75) is 44.3 Å². The average molecular weight is 302 g/mol. The molecular weight excluding hydrogens is 286 g/mol. The van der Waals surface area contributed by atoms with E-state index in [1.165, 1.54) is 0 Å². The van der Waals surface area contributed by atoms with Gasteiger partial charge in [-0.15, -0.1) is 10.2 Å². The fraction of sp³-hybridized carbons (Fsp3) is 0.438. The SMILES string of the molecule is CC1OC2(C)CCC1c1nc(-c3ccc(Cl)cc3)nnc12. The third-order valence-corrected chi connectivity index (χ3v) is 4.87. The smallest absolute Gasteiger partial charge is 0.182 e. The number of hydrogen-bond donors (Lipinski definition) is 0. The van der Waals surface area contributed by atoms with Crippen LogP contribution in [0.3, 0.4) is 0 Å².